The van der Waals surface area contributed by atoms with Crippen LogP contribution in [-0.2, 0) is 0 Å². The number of carbonyl (C=O) groups is 1. The van der Waals surface area contributed by atoms with Crippen molar-refractivity contribution >= 4 is 17.4 Å². The van der Waals surface area contributed by atoms with Crippen molar-refractivity contribution < 1.29 is 19.2 Å². The van der Waals surface area contributed by atoms with E-state index in [0.717, 1.165) is 5.56 Å². The van der Waals surface area contributed by atoms with Crippen LogP contribution < -0.4 is 14.8 Å². The molecule has 0 unspecified atom stereocenters. The van der Waals surface area contributed by atoms with Crippen LogP contribution in [0.4, 0.5) is 11.5 Å². The van der Waals surface area contributed by atoms with E-state index in [4.69, 9.17) is 9.47 Å². The summed E-state index contributed by atoms with van der Waals surface area (Å²) in [6, 6.07) is 21.7. The second-order valence-corrected chi connectivity index (χ2v) is 6.67. The Bertz CT molecular complexity index is 1270. The molecule has 0 atom stereocenters. The zero-order valence-corrected chi connectivity index (χ0v) is 16.9. The number of anilines is 1. The number of methoxy groups -OCH3 is 1. The number of carbonyl (C=O) groups excluding carboxylic acids is 1. The van der Waals surface area contributed by atoms with Crippen LogP contribution in [0.3, 0.4) is 0 Å². The number of benzene rings is 3. The number of nitro benzene ring substituents is 1. The Balaban J connectivity index is 1.62. The predicted molar refractivity (Wildman–Crippen MR) is 118 cm³/mol. The van der Waals surface area contributed by atoms with Gasteiger partial charge in [0, 0.05) is 23.8 Å². The van der Waals surface area contributed by atoms with E-state index < -0.39 is 10.8 Å². The van der Waals surface area contributed by atoms with Gasteiger partial charge < -0.3 is 14.8 Å². The fourth-order valence-electron chi connectivity index (χ4n) is 3.09. The maximum Gasteiger partial charge on any atom is 0.270 e. The summed E-state index contributed by atoms with van der Waals surface area (Å²) >= 11 is 0. The van der Waals surface area contributed by atoms with Gasteiger partial charge in [0.2, 0.25) is 0 Å². The molecule has 2 N–H and O–H groups in total. The van der Waals surface area contributed by atoms with Crippen LogP contribution in [0.25, 0.3) is 11.3 Å². The number of nitrogens with zero attached hydrogens (tertiary/aromatic N) is 2. The first kappa shape index (κ1) is 20.6. The largest absolute Gasteiger partial charge is 0.496 e. The van der Waals surface area contributed by atoms with E-state index in [1.807, 2.05) is 30.3 Å². The summed E-state index contributed by atoms with van der Waals surface area (Å²) in [6.07, 6.45) is 0. The number of para-hydroxylation sites is 2. The fourth-order valence-corrected chi connectivity index (χ4v) is 3.09. The highest BCUT2D eigenvalue weighted by atomic mass is 16.6. The van der Waals surface area contributed by atoms with E-state index >= 15 is 0 Å². The quantitative estimate of drug-likeness (QED) is 0.313. The van der Waals surface area contributed by atoms with Crippen molar-refractivity contribution in [3.63, 3.8) is 0 Å². The minimum Gasteiger partial charge on any atom is -0.496 e. The van der Waals surface area contributed by atoms with Crippen LogP contribution in [0.2, 0.25) is 0 Å². The van der Waals surface area contributed by atoms with Gasteiger partial charge in [-0.05, 0) is 30.3 Å². The summed E-state index contributed by atoms with van der Waals surface area (Å²) in [5.41, 5.74) is 1.18. The molecule has 0 fully saturated rings. The van der Waals surface area contributed by atoms with E-state index in [-0.39, 0.29) is 22.8 Å². The van der Waals surface area contributed by atoms with Crippen LogP contribution in [0.15, 0.2) is 78.9 Å². The number of hydrogen-bond donors (Lipinski definition) is 2. The van der Waals surface area contributed by atoms with Crippen LogP contribution in [0.5, 0.6) is 17.2 Å². The first-order chi connectivity index (χ1) is 15.5. The number of rotatable bonds is 7. The van der Waals surface area contributed by atoms with Crippen molar-refractivity contribution in [2.45, 2.75) is 0 Å². The first-order valence-corrected chi connectivity index (χ1v) is 9.56. The summed E-state index contributed by atoms with van der Waals surface area (Å²) in [5, 5.41) is 20.9. The zero-order chi connectivity index (χ0) is 22.5. The molecule has 1 amide bonds. The van der Waals surface area contributed by atoms with Crippen molar-refractivity contribution in [3.05, 3.63) is 94.5 Å². The summed E-state index contributed by atoms with van der Waals surface area (Å²) < 4.78 is 11.1. The summed E-state index contributed by atoms with van der Waals surface area (Å²) in [4.78, 5) is 23.6. The van der Waals surface area contributed by atoms with Gasteiger partial charge in [-0.1, -0.05) is 30.3 Å². The minimum atomic E-state index is -0.599. The van der Waals surface area contributed by atoms with Crippen molar-refractivity contribution in [2.75, 3.05) is 12.4 Å². The van der Waals surface area contributed by atoms with Gasteiger partial charge in [-0.15, -0.1) is 0 Å². The average molecular weight is 430 g/mol. The molecule has 4 aromatic rings. The van der Waals surface area contributed by atoms with Crippen LogP contribution in [-0.4, -0.2) is 28.1 Å². The third-order valence-electron chi connectivity index (χ3n) is 4.61. The van der Waals surface area contributed by atoms with Gasteiger partial charge in [0.1, 0.15) is 17.2 Å². The number of aromatic nitrogens is 2. The van der Waals surface area contributed by atoms with Crippen LogP contribution >= 0.6 is 0 Å². The van der Waals surface area contributed by atoms with E-state index in [1.165, 1.54) is 18.2 Å². The Labute approximate surface area is 182 Å². The predicted octanol–water partition coefficient (Wildman–Crippen LogP) is 5.04. The smallest absolute Gasteiger partial charge is 0.270 e. The summed E-state index contributed by atoms with van der Waals surface area (Å²) in [7, 11) is 1.56. The SMILES string of the molecule is COc1ccccc1-c1cc(NC(=O)c2cc([N+](=O)[O-])ccc2Oc2ccccc2)n[nH]1. The van der Waals surface area contributed by atoms with Gasteiger partial charge >= 0.3 is 0 Å². The molecule has 4 rings (SSSR count). The summed E-state index contributed by atoms with van der Waals surface area (Å²) in [5.74, 6) is 0.963. The molecule has 0 saturated carbocycles. The Kier molecular flexibility index (Phi) is 5.80. The lowest BCUT2D eigenvalue weighted by molar-refractivity contribution is -0.384. The number of nitrogens with one attached hydrogen (secondary N) is 2. The van der Waals surface area contributed by atoms with Gasteiger partial charge in [-0.3, -0.25) is 20.0 Å². The number of non-ortho nitro benzene ring substituents is 1. The Morgan fingerprint density at radius 1 is 1.00 bits per heavy atom. The van der Waals surface area contributed by atoms with Gasteiger partial charge in [-0.2, -0.15) is 5.10 Å². The second-order valence-electron chi connectivity index (χ2n) is 6.67. The van der Waals surface area contributed by atoms with Gasteiger partial charge in [0.15, 0.2) is 5.82 Å². The Morgan fingerprint density at radius 3 is 2.50 bits per heavy atom. The molecule has 0 aliphatic rings. The lowest BCUT2D eigenvalue weighted by Crippen LogP contribution is -2.13. The molecule has 160 valence electrons. The van der Waals surface area contributed by atoms with Gasteiger partial charge in [-0.25, -0.2) is 0 Å². The average Bonchev–Trinajstić information content (AvgIpc) is 3.28. The van der Waals surface area contributed by atoms with E-state index in [2.05, 4.69) is 15.5 Å². The molecule has 32 heavy (non-hydrogen) atoms. The lowest BCUT2D eigenvalue weighted by atomic mass is 10.1. The van der Waals surface area contributed by atoms with Crippen molar-refractivity contribution in [1.82, 2.24) is 10.2 Å². The number of aromatic amines is 1. The van der Waals surface area contributed by atoms with E-state index in [1.54, 1.807) is 37.4 Å². The molecule has 0 spiro atoms. The van der Waals surface area contributed by atoms with Crippen molar-refractivity contribution in [3.8, 4) is 28.5 Å². The lowest BCUT2D eigenvalue weighted by Gasteiger charge is -2.10. The maximum atomic E-state index is 13.0. The Morgan fingerprint density at radius 2 is 1.75 bits per heavy atom. The van der Waals surface area contributed by atoms with E-state index in [9.17, 15) is 14.9 Å². The number of nitro groups is 1. The molecule has 0 aliphatic carbocycles. The van der Waals surface area contributed by atoms with Crippen LogP contribution in [0.1, 0.15) is 10.4 Å². The molecule has 1 aromatic heterocycles. The molecule has 0 saturated heterocycles. The standard InChI is InChI=1S/C23H18N4O5/c1-31-20-10-6-5-9-17(20)19-14-22(26-25-19)24-23(28)18-13-15(27(29)30)11-12-21(18)32-16-7-3-2-4-8-16/h2-14H,1H3,(H2,24,25,26,28). The van der Waals surface area contributed by atoms with E-state index in [0.29, 0.717) is 17.2 Å². The minimum absolute atomic E-state index is 0.00453. The number of hydrogen-bond acceptors (Lipinski definition) is 6. The van der Waals surface area contributed by atoms with Crippen molar-refractivity contribution in [2.24, 2.45) is 0 Å². The normalized spacial score (nSPS) is 10.4. The molecule has 0 aliphatic heterocycles. The van der Waals surface area contributed by atoms with Gasteiger partial charge in [0.05, 0.1) is 23.3 Å². The molecule has 1 heterocycles. The van der Waals surface area contributed by atoms with Gasteiger partial charge in [0.25, 0.3) is 11.6 Å². The second kappa shape index (κ2) is 9.00. The monoisotopic (exact) mass is 430 g/mol. The maximum absolute atomic E-state index is 13.0. The highest BCUT2D eigenvalue weighted by Gasteiger charge is 2.20. The molecule has 3 aromatic carbocycles. The fraction of sp³-hybridized carbons (Fsp3) is 0.0435. The number of amides is 1. The number of ether oxygens (including phenoxy) is 2. The summed E-state index contributed by atoms with van der Waals surface area (Å²) in [6.45, 7) is 0. The molecule has 9 nitrogen and oxygen atoms in total. The highest BCUT2D eigenvalue weighted by molar-refractivity contribution is 6.06. The molecular formula is C23H18N4O5. The van der Waals surface area contributed by atoms with Crippen molar-refractivity contribution in [1.29, 1.82) is 0 Å². The Hall–Kier alpha value is -4.66. The number of H-pyrrole nitrogens is 1. The molecule has 0 bridgehead atoms. The highest BCUT2D eigenvalue weighted by Crippen LogP contribution is 2.31. The zero-order valence-electron chi connectivity index (χ0n) is 16.9. The van der Waals surface area contributed by atoms with Crippen LogP contribution in [0, 0.1) is 10.1 Å². The molecule has 9 heteroatoms. The third-order valence-corrected chi connectivity index (χ3v) is 4.61. The third kappa shape index (κ3) is 4.41. The molecular weight excluding hydrogens is 412 g/mol. The topological polar surface area (TPSA) is 119 Å². The molecule has 0 radical (unpaired) electrons. The first-order valence-electron chi connectivity index (χ1n) is 9.56.